The molecule has 3 rings (SSSR count). The highest BCUT2D eigenvalue weighted by molar-refractivity contribution is 5.24. The van der Waals surface area contributed by atoms with Gasteiger partial charge in [0.25, 0.3) is 0 Å². The first-order valence-corrected chi connectivity index (χ1v) is 4.59. The van der Waals surface area contributed by atoms with E-state index in [-0.39, 0.29) is 0 Å². The second kappa shape index (κ2) is 1.49. The molecule has 0 radical (unpaired) electrons. The highest BCUT2D eigenvalue weighted by Gasteiger charge is 2.55. The molecule has 0 nitrogen and oxygen atoms in total. The van der Waals surface area contributed by atoms with E-state index < -0.39 is 0 Å². The van der Waals surface area contributed by atoms with Gasteiger partial charge in [0, 0.05) is 0 Å². The lowest BCUT2D eigenvalue weighted by Crippen LogP contribution is -2.48. The molecule has 2 unspecified atom stereocenters. The molecule has 0 saturated heterocycles. The molecule has 0 aromatic carbocycles. The average Bonchev–Trinajstić information content (AvgIpc) is 2.32. The highest BCUT2D eigenvalue weighted by atomic mass is 14.6. The minimum atomic E-state index is 0.847. The molecule has 0 N–H and O–H groups in total. The van der Waals surface area contributed by atoms with Crippen molar-refractivity contribution in [1.82, 2.24) is 0 Å². The van der Waals surface area contributed by atoms with Crippen molar-refractivity contribution in [2.75, 3.05) is 0 Å². The van der Waals surface area contributed by atoms with Crippen LogP contribution in [0.5, 0.6) is 0 Å². The van der Waals surface area contributed by atoms with Crippen LogP contribution < -0.4 is 0 Å². The van der Waals surface area contributed by atoms with Crippen molar-refractivity contribution in [2.45, 2.75) is 32.1 Å². The zero-order chi connectivity index (χ0) is 6.60. The first-order chi connectivity index (χ1) is 4.91. The molecule has 0 heteroatoms. The quantitative estimate of drug-likeness (QED) is 0.447. The van der Waals surface area contributed by atoms with Crippen molar-refractivity contribution < 1.29 is 0 Å². The summed E-state index contributed by atoms with van der Waals surface area (Å²) in [7, 11) is 0. The molecular weight excluding hydrogens is 120 g/mol. The van der Waals surface area contributed by atoms with Gasteiger partial charge in [0.1, 0.15) is 0 Å². The SMILES string of the molecule is C1=CC2C1CC21CCCC1. The van der Waals surface area contributed by atoms with Crippen LogP contribution in [0.1, 0.15) is 32.1 Å². The van der Waals surface area contributed by atoms with Gasteiger partial charge >= 0.3 is 0 Å². The fourth-order valence-electron chi connectivity index (χ4n) is 3.29. The molecule has 0 aromatic heterocycles. The summed E-state index contributed by atoms with van der Waals surface area (Å²) < 4.78 is 0. The Balaban J connectivity index is 1.88. The van der Waals surface area contributed by atoms with Crippen molar-refractivity contribution in [3.05, 3.63) is 12.2 Å². The van der Waals surface area contributed by atoms with Gasteiger partial charge in [0.15, 0.2) is 0 Å². The Hall–Kier alpha value is -0.260. The van der Waals surface area contributed by atoms with E-state index in [1.165, 1.54) is 19.3 Å². The van der Waals surface area contributed by atoms with Gasteiger partial charge in [-0.05, 0) is 36.5 Å². The first-order valence-electron chi connectivity index (χ1n) is 4.59. The van der Waals surface area contributed by atoms with Gasteiger partial charge in [0.2, 0.25) is 0 Å². The lowest BCUT2D eigenvalue weighted by atomic mass is 9.48. The largest absolute Gasteiger partial charge is 0.0845 e. The molecule has 54 valence electrons. The second-order valence-corrected chi connectivity index (χ2v) is 4.35. The molecule has 0 aromatic rings. The third kappa shape index (κ3) is 0.426. The summed E-state index contributed by atoms with van der Waals surface area (Å²) in [4.78, 5) is 0. The Morgan fingerprint density at radius 1 is 1.10 bits per heavy atom. The summed E-state index contributed by atoms with van der Waals surface area (Å²) in [5.41, 5.74) is 0.847. The summed E-state index contributed by atoms with van der Waals surface area (Å²) >= 11 is 0. The average molecular weight is 134 g/mol. The molecule has 2 saturated carbocycles. The van der Waals surface area contributed by atoms with Gasteiger partial charge in [-0.25, -0.2) is 0 Å². The summed E-state index contributed by atoms with van der Waals surface area (Å²) in [6.45, 7) is 0. The van der Waals surface area contributed by atoms with E-state index in [1.807, 2.05) is 0 Å². The topological polar surface area (TPSA) is 0 Å². The van der Waals surface area contributed by atoms with Crippen molar-refractivity contribution >= 4 is 0 Å². The zero-order valence-corrected chi connectivity index (χ0v) is 6.34. The Morgan fingerprint density at radius 3 is 2.30 bits per heavy atom. The van der Waals surface area contributed by atoms with Crippen LogP contribution in [-0.2, 0) is 0 Å². The molecule has 0 heterocycles. The molecule has 2 fully saturated rings. The third-order valence-corrected chi connectivity index (χ3v) is 3.98. The van der Waals surface area contributed by atoms with E-state index >= 15 is 0 Å². The number of hydrogen-bond acceptors (Lipinski definition) is 0. The molecule has 10 heavy (non-hydrogen) atoms. The lowest BCUT2D eigenvalue weighted by Gasteiger charge is -2.56. The van der Waals surface area contributed by atoms with Crippen molar-refractivity contribution in [3.63, 3.8) is 0 Å². The Kier molecular flexibility index (Phi) is 0.805. The molecule has 3 aliphatic rings. The summed E-state index contributed by atoms with van der Waals surface area (Å²) in [6.07, 6.45) is 12.5. The van der Waals surface area contributed by atoms with Crippen LogP contribution in [0.2, 0.25) is 0 Å². The van der Waals surface area contributed by atoms with Gasteiger partial charge in [-0.3, -0.25) is 0 Å². The van der Waals surface area contributed by atoms with E-state index in [0.717, 1.165) is 17.3 Å². The fraction of sp³-hybridized carbons (Fsp3) is 0.800. The smallest absolute Gasteiger partial charge is 0.0113 e. The van der Waals surface area contributed by atoms with Gasteiger partial charge in [0.05, 0.1) is 0 Å². The van der Waals surface area contributed by atoms with Crippen molar-refractivity contribution in [3.8, 4) is 0 Å². The van der Waals surface area contributed by atoms with Gasteiger partial charge < -0.3 is 0 Å². The minimum Gasteiger partial charge on any atom is -0.0845 e. The van der Waals surface area contributed by atoms with Gasteiger partial charge in [-0.15, -0.1) is 0 Å². The Labute approximate surface area is 62.3 Å². The van der Waals surface area contributed by atoms with E-state index in [1.54, 1.807) is 12.8 Å². The number of allylic oxidation sites excluding steroid dienone is 2. The maximum Gasteiger partial charge on any atom is -0.0113 e. The molecule has 1 spiro atoms. The fourth-order valence-corrected chi connectivity index (χ4v) is 3.29. The summed E-state index contributed by atoms with van der Waals surface area (Å²) in [6, 6.07) is 0. The maximum atomic E-state index is 2.46. The van der Waals surface area contributed by atoms with Crippen molar-refractivity contribution in [2.24, 2.45) is 17.3 Å². The standard InChI is InChI=1S/C10H14/c1-2-6-10(5-1)7-8-3-4-9(8)10/h3-4,8-9H,1-2,5-7H2. The maximum absolute atomic E-state index is 2.46. The lowest BCUT2D eigenvalue weighted by molar-refractivity contribution is 0.00195. The molecule has 2 atom stereocenters. The molecule has 0 bridgehead atoms. The second-order valence-electron chi connectivity index (χ2n) is 4.35. The van der Waals surface area contributed by atoms with E-state index in [9.17, 15) is 0 Å². The van der Waals surface area contributed by atoms with Crippen molar-refractivity contribution in [1.29, 1.82) is 0 Å². The Morgan fingerprint density at radius 2 is 1.90 bits per heavy atom. The summed E-state index contributed by atoms with van der Waals surface area (Å²) in [5.74, 6) is 2.06. The monoisotopic (exact) mass is 134 g/mol. The van der Waals surface area contributed by atoms with Crippen LogP contribution in [0.3, 0.4) is 0 Å². The number of fused-ring (bicyclic) bond motifs is 2. The molecule has 0 amide bonds. The molecule has 3 aliphatic carbocycles. The minimum absolute atomic E-state index is 0.847. The summed E-state index contributed by atoms with van der Waals surface area (Å²) in [5, 5.41) is 0. The van der Waals surface area contributed by atoms with Gasteiger partial charge in [-0.2, -0.15) is 0 Å². The van der Waals surface area contributed by atoms with Crippen LogP contribution in [0.15, 0.2) is 12.2 Å². The molecular formula is C10H14. The first kappa shape index (κ1) is 5.40. The van der Waals surface area contributed by atoms with Crippen LogP contribution >= 0.6 is 0 Å². The highest BCUT2D eigenvalue weighted by Crippen LogP contribution is 2.64. The van der Waals surface area contributed by atoms with E-state index in [0.29, 0.717) is 0 Å². The zero-order valence-electron chi connectivity index (χ0n) is 6.34. The van der Waals surface area contributed by atoms with E-state index in [4.69, 9.17) is 0 Å². The van der Waals surface area contributed by atoms with Crippen LogP contribution in [0.4, 0.5) is 0 Å². The Bertz CT molecular complexity index is 184. The van der Waals surface area contributed by atoms with Crippen LogP contribution in [-0.4, -0.2) is 0 Å². The normalized spacial score (nSPS) is 46.4. The van der Waals surface area contributed by atoms with Crippen LogP contribution in [0.25, 0.3) is 0 Å². The third-order valence-electron chi connectivity index (χ3n) is 3.98. The van der Waals surface area contributed by atoms with Crippen LogP contribution in [0, 0.1) is 17.3 Å². The van der Waals surface area contributed by atoms with Gasteiger partial charge in [-0.1, -0.05) is 25.0 Å². The predicted molar refractivity (Wildman–Crippen MR) is 41.6 cm³/mol. The number of rotatable bonds is 0. The molecule has 0 aliphatic heterocycles. The predicted octanol–water partition coefficient (Wildman–Crippen LogP) is 2.75. The van der Waals surface area contributed by atoms with E-state index in [2.05, 4.69) is 12.2 Å². The number of hydrogen-bond donors (Lipinski definition) is 0.